The van der Waals surface area contributed by atoms with Gasteiger partial charge in [0.05, 0.1) is 42.0 Å². The molecule has 0 aliphatic carbocycles. The zero-order valence-electron chi connectivity index (χ0n) is 25.0. The first-order valence-corrected chi connectivity index (χ1v) is 15.9. The second kappa shape index (κ2) is 15.2. The van der Waals surface area contributed by atoms with Crippen molar-refractivity contribution in [2.75, 3.05) is 66.1 Å². The van der Waals surface area contributed by atoms with Gasteiger partial charge in [-0.3, -0.25) is 14.5 Å². The zero-order valence-corrected chi connectivity index (χ0v) is 26.5. The van der Waals surface area contributed by atoms with Crippen molar-refractivity contribution in [3.05, 3.63) is 81.3 Å². The molecule has 0 aromatic heterocycles. The Balaban J connectivity index is 1.38. The summed E-state index contributed by atoms with van der Waals surface area (Å²) in [5.41, 5.74) is 1.70. The van der Waals surface area contributed by atoms with Crippen LogP contribution in [-0.2, 0) is 14.3 Å². The highest BCUT2D eigenvalue weighted by Crippen LogP contribution is 2.31. The van der Waals surface area contributed by atoms with E-state index in [0.29, 0.717) is 27.2 Å². The van der Waals surface area contributed by atoms with Gasteiger partial charge in [-0.25, -0.2) is 0 Å². The molecule has 44 heavy (non-hydrogen) atoms. The lowest BCUT2D eigenvalue weighted by molar-refractivity contribution is -0.141. The zero-order chi connectivity index (χ0) is 31.1. The largest absolute Gasteiger partial charge is 0.468 e. The molecule has 0 N–H and O–H groups in total. The Labute approximate surface area is 269 Å². The first-order chi connectivity index (χ1) is 21.4. The van der Waals surface area contributed by atoms with E-state index in [1.807, 2.05) is 36.4 Å². The predicted octanol–water partition coefficient (Wildman–Crippen LogP) is 5.60. The van der Waals surface area contributed by atoms with Crippen LogP contribution in [0.4, 0.5) is 0 Å². The van der Waals surface area contributed by atoms with Gasteiger partial charge in [-0.2, -0.15) is 5.26 Å². The monoisotopic (exact) mass is 636 g/mol. The number of piperidine rings is 1. The summed E-state index contributed by atoms with van der Waals surface area (Å²) in [5, 5.41) is 12.1. The normalized spacial score (nSPS) is 17.2. The molecule has 2 aliphatic rings. The highest BCUT2D eigenvalue weighted by molar-refractivity contribution is 6.42. The molecule has 232 valence electrons. The highest BCUT2D eigenvalue weighted by atomic mass is 35.5. The van der Waals surface area contributed by atoms with E-state index in [4.69, 9.17) is 32.7 Å². The molecular weight excluding hydrogens is 599 g/mol. The Bertz CT molecular complexity index is 1510. The van der Waals surface area contributed by atoms with Crippen molar-refractivity contribution < 1.29 is 19.1 Å². The molecule has 2 aliphatic heterocycles. The minimum absolute atomic E-state index is 0.124. The van der Waals surface area contributed by atoms with Crippen molar-refractivity contribution in [2.45, 2.75) is 31.2 Å². The number of morpholine rings is 1. The van der Waals surface area contributed by atoms with Crippen molar-refractivity contribution >= 4 is 45.9 Å². The van der Waals surface area contributed by atoms with E-state index in [-0.39, 0.29) is 24.9 Å². The van der Waals surface area contributed by atoms with Crippen LogP contribution >= 0.6 is 23.2 Å². The third kappa shape index (κ3) is 7.90. The lowest BCUT2D eigenvalue weighted by Crippen LogP contribution is -2.49. The Hall–Kier alpha value is -3.19. The lowest BCUT2D eigenvalue weighted by atomic mass is 9.93. The summed E-state index contributed by atoms with van der Waals surface area (Å²) in [6.45, 7) is 6.52. The molecule has 0 spiro atoms. The van der Waals surface area contributed by atoms with Crippen molar-refractivity contribution in [2.24, 2.45) is 0 Å². The van der Waals surface area contributed by atoms with E-state index in [0.717, 1.165) is 81.5 Å². The Morgan fingerprint density at radius 2 is 1.80 bits per heavy atom. The van der Waals surface area contributed by atoms with Gasteiger partial charge in [0, 0.05) is 37.2 Å². The van der Waals surface area contributed by atoms with E-state index in [1.54, 1.807) is 18.2 Å². The fraction of sp³-hybridized carbons (Fsp3) is 0.441. The fourth-order valence-electron chi connectivity index (χ4n) is 6.35. The first kappa shape index (κ1) is 32.2. The highest BCUT2D eigenvalue weighted by Gasteiger charge is 2.29. The van der Waals surface area contributed by atoms with E-state index in [2.05, 4.69) is 15.9 Å². The maximum absolute atomic E-state index is 14.2. The van der Waals surface area contributed by atoms with Crippen molar-refractivity contribution in [1.29, 1.82) is 5.26 Å². The lowest BCUT2D eigenvalue weighted by Gasteiger charge is -2.40. The number of ether oxygens (including phenoxy) is 2. The minimum Gasteiger partial charge on any atom is -0.468 e. The molecule has 0 bridgehead atoms. The van der Waals surface area contributed by atoms with Crippen LogP contribution in [0.15, 0.2) is 54.6 Å². The number of esters is 1. The molecular formula is C34H38Cl2N4O4. The molecule has 2 saturated heterocycles. The molecule has 1 amide bonds. The van der Waals surface area contributed by atoms with Crippen LogP contribution < -0.4 is 0 Å². The van der Waals surface area contributed by atoms with Gasteiger partial charge < -0.3 is 19.3 Å². The van der Waals surface area contributed by atoms with Crippen LogP contribution in [0.5, 0.6) is 0 Å². The third-order valence-corrected chi connectivity index (χ3v) is 9.56. The number of rotatable bonds is 10. The van der Waals surface area contributed by atoms with Gasteiger partial charge in [0.2, 0.25) is 0 Å². The number of hydrogen-bond donors (Lipinski definition) is 0. The molecule has 8 nitrogen and oxygen atoms in total. The van der Waals surface area contributed by atoms with Crippen molar-refractivity contribution in [3.8, 4) is 6.07 Å². The third-order valence-electron chi connectivity index (χ3n) is 8.82. The molecule has 3 aromatic rings. The van der Waals surface area contributed by atoms with E-state index >= 15 is 0 Å². The standard InChI is InChI=1S/C34H38Cl2N4O4/c1-43-33(41)23-40(34(42)30-19-24(21-37)18-26-4-2-3-5-29(26)30)22-27(25-6-7-31(35)32(36)20-25)8-11-38-12-9-28(10-13-38)39-14-16-44-17-15-39/h2-7,18-20,27-28H,8-17,22-23H2,1H3. The molecule has 3 aromatic carbocycles. The number of nitrogens with zero attached hydrogens (tertiary/aromatic N) is 4. The number of amides is 1. The van der Waals surface area contributed by atoms with E-state index in [9.17, 15) is 14.9 Å². The fourth-order valence-corrected chi connectivity index (χ4v) is 6.65. The quantitative estimate of drug-likeness (QED) is 0.268. The number of methoxy groups -OCH3 is 1. The van der Waals surface area contributed by atoms with Gasteiger partial charge in [-0.15, -0.1) is 0 Å². The summed E-state index contributed by atoms with van der Waals surface area (Å²) in [4.78, 5) is 33.4. The topological polar surface area (TPSA) is 86.1 Å². The number of nitriles is 1. The first-order valence-electron chi connectivity index (χ1n) is 15.1. The number of fused-ring (bicyclic) bond motifs is 1. The van der Waals surface area contributed by atoms with Crippen molar-refractivity contribution in [3.63, 3.8) is 0 Å². The Morgan fingerprint density at radius 1 is 1.05 bits per heavy atom. The average molecular weight is 638 g/mol. The van der Waals surface area contributed by atoms with E-state index in [1.165, 1.54) is 12.0 Å². The van der Waals surface area contributed by atoms with Crippen LogP contribution in [0.2, 0.25) is 10.0 Å². The predicted molar refractivity (Wildman–Crippen MR) is 172 cm³/mol. The Kier molecular flexibility index (Phi) is 11.1. The van der Waals surface area contributed by atoms with Crippen LogP contribution in [-0.4, -0.2) is 98.8 Å². The molecule has 2 heterocycles. The molecule has 5 rings (SSSR count). The minimum atomic E-state index is -0.517. The molecule has 2 fully saturated rings. The SMILES string of the molecule is COC(=O)CN(CC(CCN1CCC(N2CCOCC2)CC1)c1ccc(Cl)c(Cl)c1)C(=O)c1cc(C#N)cc2ccccc12. The summed E-state index contributed by atoms with van der Waals surface area (Å²) < 4.78 is 10.5. The molecule has 0 saturated carbocycles. The maximum Gasteiger partial charge on any atom is 0.325 e. The molecule has 0 radical (unpaired) electrons. The van der Waals surface area contributed by atoms with Crippen LogP contribution in [0, 0.1) is 11.3 Å². The number of carbonyl (C=O) groups is 2. The Morgan fingerprint density at radius 3 is 2.50 bits per heavy atom. The summed E-state index contributed by atoms with van der Waals surface area (Å²) in [6, 6.07) is 19.1. The maximum atomic E-state index is 14.2. The number of benzene rings is 3. The number of carbonyl (C=O) groups excluding carboxylic acids is 2. The number of likely N-dealkylation sites (tertiary alicyclic amines) is 1. The van der Waals surface area contributed by atoms with Gasteiger partial charge in [0.1, 0.15) is 6.54 Å². The molecule has 1 atom stereocenters. The van der Waals surface area contributed by atoms with Crippen LogP contribution in [0.1, 0.15) is 46.7 Å². The van der Waals surface area contributed by atoms with Crippen LogP contribution in [0.25, 0.3) is 10.8 Å². The second-order valence-corrected chi connectivity index (χ2v) is 12.3. The van der Waals surface area contributed by atoms with Gasteiger partial charge in [-0.05, 0) is 79.5 Å². The smallest absolute Gasteiger partial charge is 0.325 e. The summed E-state index contributed by atoms with van der Waals surface area (Å²) >= 11 is 12.7. The average Bonchev–Trinajstić information content (AvgIpc) is 3.07. The van der Waals surface area contributed by atoms with E-state index < -0.39 is 5.97 Å². The number of halogens is 2. The van der Waals surface area contributed by atoms with Crippen molar-refractivity contribution in [1.82, 2.24) is 14.7 Å². The summed E-state index contributed by atoms with van der Waals surface area (Å²) in [5.74, 6) is -0.974. The van der Waals surface area contributed by atoms with Gasteiger partial charge >= 0.3 is 5.97 Å². The number of hydrogen-bond acceptors (Lipinski definition) is 7. The second-order valence-electron chi connectivity index (χ2n) is 11.5. The van der Waals surface area contributed by atoms with Gasteiger partial charge in [-0.1, -0.05) is 53.5 Å². The van der Waals surface area contributed by atoms with Gasteiger partial charge in [0.25, 0.3) is 5.91 Å². The molecule has 10 heteroatoms. The molecule has 1 unspecified atom stereocenters. The summed E-state index contributed by atoms with van der Waals surface area (Å²) in [6.07, 6.45) is 2.99. The summed E-state index contributed by atoms with van der Waals surface area (Å²) in [7, 11) is 1.31. The van der Waals surface area contributed by atoms with Crippen LogP contribution in [0.3, 0.4) is 0 Å². The van der Waals surface area contributed by atoms with Gasteiger partial charge in [0.15, 0.2) is 0 Å².